The van der Waals surface area contributed by atoms with E-state index in [9.17, 15) is 10.5 Å². The summed E-state index contributed by atoms with van der Waals surface area (Å²) in [6.45, 7) is 0. The van der Waals surface area contributed by atoms with Crippen molar-refractivity contribution in [1.29, 1.82) is 10.5 Å². The molecule has 5 nitrogen and oxygen atoms in total. The summed E-state index contributed by atoms with van der Waals surface area (Å²) in [4.78, 5) is 0. The minimum absolute atomic E-state index is 0.533. The molecule has 0 spiro atoms. The van der Waals surface area contributed by atoms with Crippen molar-refractivity contribution in [3.05, 3.63) is 187 Å². The highest BCUT2D eigenvalue weighted by Crippen LogP contribution is 2.44. The molecule has 8 aromatic carbocycles. The zero-order chi connectivity index (χ0) is 36.6. The van der Waals surface area contributed by atoms with E-state index in [2.05, 4.69) is 141 Å². The number of nitrogens with zero attached hydrogens (tertiary/aromatic N) is 5. The fraction of sp³-hybridized carbons (Fsp3) is 0. The van der Waals surface area contributed by atoms with Crippen LogP contribution in [0.15, 0.2) is 176 Å². The molecule has 0 unspecified atom stereocenters. The zero-order valence-corrected chi connectivity index (χ0v) is 29.5. The molecule has 55 heavy (non-hydrogen) atoms. The first-order chi connectivity index (χ1) is 27.3. The van der Waals surface area contributed by atoms with Crippen LogP contribution in [-0.4, -0.2) is 13.7 Å². The third-order valence-corrected chi connectivity index (χ3v) is 11.1. The van der Waals surface area contributed by atoms with Crippen LogP contribution in [0.1, 0.15) is 11.1 Å². The average Bonchev–Trinajstić information content (AvgIpc) is 3.89. The number of benzene rings is 8. The van der Waals surface area contributed by atoms with Gasteiger partial charge in [-0.15, -0.1) is 0 Å². The lowest BCUT2D eigenvalue weighted by molar-refractivity contribution is 1.16. The average molecular weight is 700 g/mol. The maximum Gasteiger partial charge on any atom is 0.102 e. The molecule has 0 atom stereocenters. The van der Waals surface area contributed by atoms with E-state index in [1.54, 1.807) is 0 Å². The van der Waals surface area contributed by atoms with Gasteiger partial charge >= 0.3 is 0 Å². The van der Waals surface area contributed by atoms with Crippen molar-refractivity contribution in [3.8, 4) is 40.3 Å². The molecule has 11 aromatic rings. The number of hydrogen-bond acceptors (Lipinski definition) is 2. The van der Waals surface area contributed by atoms with Crippen LogP contribution in [0.4, 0.5) is 0 Å². The Bertz CT molecular complexity index is 3400. The molecule has 5 heteroatoms. The summed E-state index contributed by atoms with van der Waals surface area (Å²) in [6.07, 6.45) is 0. The summed E-state index contributed by atoms with van der Waals surface area (Å²) in [5.41, 5.74) is 11.5. The third kappa shape index (κ3) is 4.27. The monoisotopic (exact) mass is 699 g/mol. The van der Waals surface area contributed by atoms with Crippen LogP contribution < -0.4 is 0 Å². The van der Waals surface area contributed by atoms with Crippen molar-refractivity contribution in [2.75, 3.05) is 0 Å². The molecule has 0 radical (unpaired) electrons. The Labute approximate surface area is 316 Å². The van der Waals surface area contributed by atoms with Crippen LogP contribution >= 0.6 is 0 Å². The van der Waals surface area contributed by atoms with Crippen molar-refractivity contribution in [3.63, 3.8) is 0 Å². The maximum atomic E-state index is 11.3. The molecular weight excluding hydrogens is 671 g/mol. The van der Waals surface area contributed by atoms with Gasteiger partial charge < -0.3 is 13.7 Å². The van der Waals surface area contributed by atoms with Crippen LogP contribution in [0, 0.1) is 22.7 Å². The number of hydrogen-bond donors (Lipinski definition) is 0. The Hall–Kier alpha value is -7.86. The third-order valence-electron chi connectivity index (χ3n) is 11.1. The number of para-hydroxylation sites is 6. The summed E-state index contributed by atoms with van der Waals surface area (Å²) in [5, 5.41) is 28.6. The van der Waals surface area contributed by atoms with Gasteiger partial charge in [-0.05, 0) is 54.6 Å². The molecule has 0 amide bonds. The highest BCUT2D eigenvalue weighted by atomic mass is 15.0. The summed E-state index contributed by atoms with van der Waals surface area (Å²) in [6, 6.07) is 65.7. The van der Waals surface area contributed by atoms with Gasteiger partial charge in [0.25, 0.3) is 0 Å². The highest BCUT2D eigenvalue weighted by molar-refractivity contribution is 6.26. The summed E-state index contributed by atoms with van der Waals surface area (Å²) in [5.74, 6) is 0. The van der Waals surface area contributed by atoms with Crippen LogP contribution in [0.3, 0.4) is 0 Å². The van der Waals surface area contributed by atoms with Crippen LogP contribution in [0.5, 0.6) is 0 Å². The fourth-order valence-corrected chi connectivity index (χ4v) is 8.94. The van der Waals surface area contributed by atoms with E-state index in [0.717, 1.165) is 93.6 Å². The maximum absolute atomic E-state index is 11.3. The number of aromatic nitrogens is 3. The van der Waals surface area contributed by atoms with Gasteiger partial charge in [0, 0.05) is 49.1 Å². The molecule has 0 aliphatic rings. The fourth-order valence-electron chi connectivity index (χ4n) is 8.94. The van der Waals surface area contributed by atoms with Crippen LogP contribution in [0.2, 0.25) is 0 Å². The summed E-state index contributed by atoms with van der Waals surface area (Å²) >= 11 is 0. The first-order valence-electron chi connectivity index (χ1n) is 18.3. The highest BCUT2D eigenvalue weighted by Gasteiger charge is 2.25. The lowest BCUT2D eigenvalue weighted by Crippen LogP contribution is -2.04. The first kappa shape index (κ1) is 30.7. The molecule has 0 bridgehead atoms. The van der Waals surface area contributed by atoms with Crippen molar-refractivity contribution < 1.29 is 0 Å². The second kappa shape index (κ2) is 11.8. The summed E-state index contributed by atoms with van der Waals surface area (Å²) in [7, 11) is 0. The molecule has 0 fully saturated rings. The Kier molecular flexibility index (Phi) is 6.61. The second-order valence-electron chi connectivity index (χ2n) is 13.9. The lowest BCUT2D eigenvalue weighted by atomic mass is 9.94. The molecule has 0 saturated heterocycles. The number of rotatable bonds is 4. The Morgan fingerprint density at radius 1 is 0.364 bits per heavy atom. The summed E-state index contributed by atoms with van der Waals surface area (Å²) < 4.78 is 6.80. The van der Waals surface area contributed by atoms with Crippen LogP contribution in [-0.2, 0) is 0 Å². The molecule has 3 aromatic heterocycles. The van der Waals surface area contributed by atoms with E-state index in [1.165, 1.54) is 0 Å². The predicted octanol–water partition coefficient (Wildman–Crippen LogP) is 12.4. The van der Waals surface area contributed by atoms with E-state index >= 15 is 0 Å². The number of nitriles is 2. The standard InChI is InChI=1S/C50H29N5/c51-30-32-14-12-22-38(49(32)54-42-23-8-4-17-35(42)36-18-5-9-24-43(36)54)34-21-13-27-46(41(34)31-52)55-44-25-10-6-19-37(44)39-28-29-47-48(50(39)55)40-20-7-11-26-45(40)53(47)33-15-2-1-3-16-33/h1-29H. The van der Waals surface area contributed by atoms with Gasteiger partial charge in [-0.3, -0.25) is 0 Å². The van der Waals surface area contributed by atoms with E-state index in [1.807, 2.05) is 60.7 Å². The number of fused-ring (bicyclic) bond motifs is 10. The van der Waals surface area contributed by atoms with Crippen molar-refractivity contribution in [1.82, 2.24) is 13.7 Å². The predicted molar refractivity (Wildman–Crippen MR) is 224 cm³/mol. The molecule has 0 N–H and O–H groups in total. The van der Waals surface area contributed by atoms with Gasteiger partial charge in [-0.1, -0.05) is 121 Å². The SMILES string of the molecule is N#Cc1cccc(-c2cccc(-n3c4ccccc4c4ccc5c(c6ccccc6n5-c5ccccc5)c43)c2C#N)c1-n1c2ccccc2c2ccccc21. The van der Waals surface area contributed by atoms with Gasteiger partial charge in [0.2, 0.25) is 0 Å². The molecule has 254 valence electrons. The van der Waals surface area contributed by atoms with Crippen molar-refractivity contribution in [2.24, 2.45) is 0 Å². The Balaban J connectivity index is 1.27. The molecule has 0 aliphatic heterocycles. The molecule has 3 heterocycles. The minimum Gasteiger partial charge on any atom is -0.309 e. The quantitative estimate of drug-likeness (QED) is 0.184. The van der Waals surface area contributed by atoms with Crippen molar-refractivity contribution >= 4 is 65.4 Å². The minimum atomic E-state index is 0.533. The topological polar surface area (TPSA) is 62.4 Å². The smallest absolute Gasteiger partial charge is 0.102 e. The molecule has 11 rings (SSSR count). The van der Waals surface area contributed by atoms with Gasteiger partial charge in [0.15, 0.2) is 0 Å². The van der Waals surface area contributed by atoms with E-state index in [0.29, 0.717) is 11.1 Å². The second-order valence-corrected chi connectivity index (χ2v) is 13.9. The van der Waals surface area contributed by atoms with Gasteiger partial charge in [-0.2, -0.15) is 10.5 Å². The van der Waals surface area contributed by atoms with E-state index in [4.69, 9.17) is 0 Å². The van der Waals surface area contributed by atoms with E-state index < -0.39 is 0 Å². The van der Waals surface area contributed by atoms with Gasteiger partial charge in [0.1, 0.15) is 12.1 Å². The first-order valence-corrected chi connectivity index (χ1v) is 18.3. The molecule has 0 aliphatic carbocycles. The largest absolute Gasteiger partial charge is 0.309 e. The van der Waals surface area contributed by atoms with E-state index in [-0.39, 0.29) is 0 Å². The lowest BCUT2D eigenvalue weighted by Gasteiger charge is -2.18. The van der Waals surface area contributed by atoms with Gasteiger partial charge in [0.05, 0.1) is 55.6 Å². The Morgan fingerprint density at radius 2 is 0.909 bits per heavy atom. The van der Waals surface area contributed by atoms with Crippen molar-refractivity contribution in [2.45, 2.75) is 0 Å². The normalized spacial score (nSPS) is 11.6. The van der Waals surface area contributed by atoms with Crippen LogP contribution in [0.25, 0.3) is 93.6 Å². The van der Waals surface area contributed by atoms with Gasteiger partial charge in [-0.25, -0.2) is 0 Å². The molecular formula is C50H29N5. The zero-order valence-electron chi connectivity index (χ0n) is 29.5. The molecule has 0 saturated carbocycles. The Morgan fingerprint density at radius 3 is 1.56 bits per heavy atom.